The highest BCUT2D eigenvalue weighted by molar-refractivity contribution is 5.94. The number of aryl methyl sites for hydroxylation is 1. The zero-order valence-corrected chi connectivity index (χ0v) is 14.6. The molecule has 0 heterocycles. The van der Waals surface area contributed by atoms with Gasteiger partial charge in [0.1, 0.15) is 0 Å². The topological polar surface area (TPSA) is 50.7 Å². The number of benzene rings is 2. The van der Waals surface area contributed by atoms with Gasteiger partial charge in [-0.15, -0.1) is 0 Å². The first kappa shape index (κ1) is 17.7. The van der Waals surface area contributed by atoms with Crippen molar-refractivity contribution in [1.29, 1.82) is 0 Å². The highest BCUT2D eigenvalue weighted by Crippen LogP contribution is 2.14. The molecule has 0 radical (unpaired) electrons. The number of oxime groups is 1. The lowest BCUT2D eigenvalue weighted by atomic mass is 10.0. The molecule has 0 aliphatic carbocycles. The number of carbonyl (C=O) groups is 1. The van der Waals surface area contributed by atoms with Crippen molar-refractivity contribution in [2.75, 3.05) is 5.32 Å². The van der Waals surface area contributed by atoms with E-state index in [-0.39, 0.29) is 5.91 Å². The fraction of sp³-hybridized carbons (Fsp3) is 0.300. The fourth-order valence-electron chi connectivity index (χ4n) is 2.16. The molecule has 0 aliphatic heterocycles. The predicted molar refractivity (Wildman–Crippen MR) is 98.5 cm³/mol. The summed E-state index contributed by atoms with van der Waals surface area (Å²) < 4.78 is 0. The summed E-state index contributed by atoms with van der Waals surface area (Å²) in [6.45, 7) is 7.95. The number of nitrogens with one attached hydrogen (secondary N) is 1. The van der Waals surface area contributed by atoms with Crippen LogP contribution in [0.15, 0.2) is 53.7 Å². The van der Waals surface area contributed by atoms with Crippen LogP contribution in [0, 0.1) is 6.92 Å². The van der Waals surface area contributed by atoms with Crippen LogP contribution in [0.1, 0.15) is 43.4 Å². The Bertz CT molecular complexity index is 706. The van der Waals surface area contributed by atoms with Gasteiger partial charge in [-0.3, -0.25) is 4.79 Å². The molecule has 1 amide bonds. The number of nitrogens with zero attached hydrogens (tertiary/aromatic N) is 1. The van der Waals surface area contributed by atoms with Gasteiger partial charge < -0.3 is 10.2 Å². The van der Waals surface area contributed by atoms with E-state index in [1.165, 1.54) is 5.56 Å². The summed E-state index contributed by atoms with van der Waals surface area (Å²) in [6.07, 6.45) is 0.942. The summed E-state index contributed by atoms with van der Waals surface area (Å²) in [7, 11) is 0. The normalized spacial score (nSPS) is 12.4. The van der Waals surface area contributed by atoms with Crippen LogP contribution in [0.3, 0.4) is 0 Å². The highest BCUT2D eigenvalue weighted by Gasteiger charge is 2.14. The number of hydrogen-bond acceptors (Lipinski definition) is 3. The van der Waals surface area contributed by atoms with E-state index < -0.39 is 6.10 Å². The Morgan fingerprint density at radius 3 is 2.46 bits per heavy atom. The molecule has 2 rings (SSSR count). The minimum Gasteiger partial charge on any atom is -0.383 e. The van der Waals surface area contributed by atoms with Crippen LogP contribution in [0.5, 0.6) is 0 Å². The number of hydrogen-bond donors (Lipinski definition) is 1. The van der Waals surface area contributed by atoms with Crippen LogP contribution in [-0.4, -0.2) is 18.2 Å². The van der Waals surface area contributed by atoms with Gasteiger partial charge in [-0.05, 0) is 48.6 Å². The maximum Gasteiger partial charge on any atom is 0.267 e. The molecule has 0 bridgehead atoms. The SMILES string of the molecule is Cc1cccc(NC(=O)[C@@H](C)O/N=C\c2ccc(C(C)C)cc2)c1. The zero-order chi connectivity index (χ0) is 17.5. The van der Waals surface area contributed by atoms with Crippen molar-refractivity contribution in [3.05, 3.63) is 65.2 Å². The van der Waals surface area contributed by atoms with Gasteiger partial charge in [0.2, 0.25) is 6.10 Å². The highest BCUT2D eigenvalue weighted by atomic mass is 16.6. The van der Waals surface area contributed by atoms with Gasteiger partial charge in [-0.25, -0.2) is 0 Å². The average Bonchev–Trinajstić information content (AvgIpc) is 2.55. The Balaban J connectivity index is 1.87. The number of carbonyl (C=O) groups excluding carboxylic acids is 1. The smallest absolute Gasteiger partial charge is 0.267 e. The lowest BCUT2D eigenvalue weighted by Crippen LogP contribution is -2.26. The van der Waals surface area contributed by atoms with E-state index in [4.69, 9.17) is 4.84 Å². The molecule has 0 aliphatic rings. The standard InChI is InChI=1S/C20H24N2O2/c1-14(2)18-10-8-17(9-11-18)13-21-24-16(4)20(23)22-19-7-5-6-15(3)12-19/h5-14,16H,1-4H3,(H,22,23)/b21-13-/t16-/m1/s1. The Morgan fingerprint density at radius 1 is 1.12 bits per heavy atom. The monoisotopic (exact) mass is 324 g/mol. The molecular formula is C20H24N2O2. The molecule has 0 saturated heterocycles. The van der Waals surface area contributed by atoms with E-state index in [0.29, 0.717) is 5.92 Å². The van der Waals surface area contributed by atoms with Crippen molar-refractivity contribution >= 4 is 17.8 Å². The van der Waals surface area contributed by atoms with Crippen molar-refractivity contribution in [2.24, 2.45) is 5.16 Å². The molecule has 126 valence electrons. The van der Waals surface area contributed by atoms with E-state index in [9.17, 15) is 4.79 Å². The van der Waals surface area contributed by atoms with Gasteiger partial charge in [0.05, 0.1) is 6.21 Å². The van der Waals surface area contributed by atoms with E-state index >= 15 is 0 Å². The second kappa shape index (κ2) is 8.29. The van der Waals surface area contributed by atoms with Gasteiger partial charge in [-0.2, -0.15) is 0 Å². The number of rotatable bonds is 6. The maximum absolute atomic E-state index is 12.1. The molecule has 2 aromatic carbocycles. The Labute approximate surface area is 143 Å². The second-order valence-electron chi connectivity index (χ2n) is 6.16. The van der Waals surface area contributed by atoms with Crippen LogP contribution < -0.4 is 5.32 Å². The van der Waals surface area contributed by atoms with Crippen molar-refractivity contribution in [2.45, 2.75) is 39.7 Å². The lowest BCUT2D eigenvalue weighted by Gasteiger charge is -2.11. The van der Waals surface area contributed by atoms with Gasteiger partial charge in [-0.1, -0.05) is 55.4 Å². The van der Waals surface area contributed by atoms with Crippen molar-refractivity contribution in [3.8, 4) is 0 Å². The molecule has 24 heavy (non-hydrogen) atoms. The summed E-state index contributed by atoms with van der Waals surface area (Å²) >= 11 is 0. The second-order valence-corrected chi connectivity index (χ2v) is 6.16. The van der Waals surface area contributed by atoms with Gasteiger partial charge >= 0.3 is 0 Å². The minimum absolute atomic E-state index is 0.229. The van der Waals surface area contributed by atoms with Crippen LogP contribution in [0.2, 0.25) is 0 Å². The summed E-state index contributed by atoms with van der Waals surface area (Å²) in [6, 6.07) is 15.7. The van der Waals surface area contributed by atoms with Crippen molar-refractivity contribution < 1.29 is 9.63 Å². The first-order chi connectivity index (χ1) is 11.5. The Kier molecular flexibility index (Phi) is 6.13. The molecule has 2 aromatic rings. The van der Waals surface area contributed by atoms with E-state index in [1.807, 2.05) is 43.3 Å². The van der Waals surface area contributed by atoms with Crippen molar-refractivity contribution in [3.63, 3.8) is 0 Å². The molecule has 1 atom stereocenters. The minimum atomic E-state index is -0.670. The third-order valence-corrected chi connectivity index (χ3v) is 3.68. The maximum atomic E-state index is 12.1. The number of amides is 1. The predicted octanol–water partition coefficient (Wildman–Crippen LogP) is 4.50. The third kappa shape index (κ3) is 5.23. The molecule has 1 N–H and O–H groups in total. The molecule has 4 nitrogen and oxygen atoms in total. The summed E-state index contributed by atoms with van der Waals surface area (Å²) in [5.74, 6) is 0.269. The first-order valence-corrected chi connectivity index (χ1v) is 8.12. The summed E-state index contributed by atoms with van der Waals surface area (Å²) in [5.41, 5.74) is 4.05. The van der Waals surface area contributed by atoms with E-state index in [0.717, 1.165) is 16.8 Å². The molecule has 0 aromatic heterocycles. The van der Waals surface area contributed by atoms with Gasteiger partial charge in [0, 0.05) is 5.69 Å². The van der Waals surface area contributed by atoms with Gasteiger partial charge in [0.15, 0.2) is 0 Å². The molecule has 0 saturated carbocycles. The molecule has 0 fully saturated rings. The average molecular weight is 324 g/mol. The van der Waals surface area contributed by atoms with Crippen LogP contribution in [0.25, 0.3) is 0 Å². The van der Waals surface area contributed by atoms with Crippen LogP contribution in [-0.2, 0) is 9.63 Å². The molecule has 0 unspecified atom stereocenters. The molecule has 0 spiro atoms. The summed E-state index contributed by atoms with van der Waals surface area (Å²) in [4.78, 5) is 17.3. The Hall–Kier alpha value is -2.62. The Morgan fingerprint density at radius 2 is 1.83 bits per heavy atom. The molecular weight excluding hydrogens is 300 g/mol. The van der Waals surface area contributed by atoms with Crippen LogP contribution >= 0.6 is 0 Å². The molecule has 4 heteroatoms. The first-order valence-electron chi connectivity index (χ1n) is 8.12. The van der Waals surface area contributed by atoms with E-state index in [1.54, 1.807) is 13.1 Å². The third-order valence-electron chi connectivity index (χ3n) is 3.68. The summed E-state index contributed by atoms with van der Waals surface area (Å²) in [5, 5.41) is 6.72. The zero-order valence-electron chi connectivity index (χ0n) is 14.6. The fourth-order valence-corrected chi connectivity index (χ4v) is 2.16. The van der Waals surface area contributed by atoms with Crippen LogP contribution in [0.4, 0.5) is 5.69 Å². The lowest BCUT2D eigenvalue weighted by molar-refractivity contribution is -0.126. The van der Waals surface area contributed by atoms with Crippen molar-refractivity contribution in [1.82, 2.24) is 0 Å². The van der Waals surface area contributed by atoms with Gasteiger partial charge in [0.25, 0.3) is 5.91 Å². The van der Waals surface area contributed by atoms with E-state index in [2.05, 4.69) is 36.5 Å². The number of anilines is 1. The quantitative estimate of drug-likeness (QED) is 0.628. The largest absolute Gasteiger partial charge is 0.383 e.